The van der Waals surface area contributed by atoms with Crippen molar-refractivity contribution in [2.45, 2.75) is 20.0 Å². The molecule has 2 heterocycles. The molecule has 1 N–H and O–H groups in total. The van der Waals surface area contributed by atoms with Crippen molar-refractivity contribution in [2.24, 2.45) is 7.05 Å². The van der Waals surface area contributed by atoms with Crippen LogP contribution in [0.4, 0.5) is 6.01 Å². The molecule has 0 saturated carbocycles. The van der Waals surface area contributed by atoms with Gasteiger partial charge in [-0.25, -0.2) is 0 Å². The second kappa shape index (κ2) is 6.53. The van der Waals surface area contributed by atoms with Crippen molar-refractivity contribution < 1.29 is 13.9 Å². The van der Waals surface area contributed by atoms with Crippen LogP contribution in [-0.4, -0.2) is 32.0 Å². The van der Waals surface area contributed by atoms with E-state index in [1.54, 1.807) is 48.3 Å². The number of amides is 1. The number of aryl methyl sites for hydroxylation is 1. The topological polar surface area (TPSA) is 95.1 Å². The third-order valence-corrected chi connectivity index (χ3v) is 3.17. The SMILES string of the molecule is CC(C)Oc1ccc(C(=O)Nc2nnc(-c3ccnn3C)o2)cc1. The summed E-state index contributed by atoms with van der Waals surface area (Å²) in [4.78, 5) is 12.2. The third-order valence-electron chi connectivity index (χ3n) is 3.17. The highest BCUT2D eigenvalue weighted by molar-refractivity contribution is 6.03. The van der Waals surface area contributed by atoms with Crippen LogP contribution in [0.1, 0.15) is 24.2 Å². The third kappa shape index (κ3) is 3.43. The smallest absolute Gasteiger partial charge is 0.322 e. The highest BCUT2D eigenvalue weighted by Gasteiger charge is 2.14. The molecule has 8 heteroatoms. The fraction of sp³-hybridized carbons (Fsp3) is 0.250. The van der Waals surface area contributed by atoms with Crippen LogP contribution in [0.5, 0.6) is 5.75 Å². The average molecular weight is 327 g/mol. The van der Waals surface area contributed by atoms with Gasteiger partial charge in [0.2, 0.25) is 0 Å². The average Bonchev–Trinajstić information content (AvgIpc) is 3.16. The highest BCUT2D eigenvalue weighted by atomic mass is 16.5. The number of rotatable bonds is 5. The summed E-state index contributed by atoms with van der Waals surface area (Å²) in [6.45, 7) is 3.88. The molecule has 1 amide bonds. The summed E-state index contributed by atoms with van der Waals surface area (Å²) in [5.41, 5.74) is 1.13. The second-order valence-corrected chi connectivity index (χ2v) is 5.40. The lowest BCUT2D eigenvalue weighted by molar-refractivity contribution is 0.102. The first-order valence-corrected chi connectivity index (χ1v) is 7.43. The van der Waals surface area contributed by atoms with Gasteiger partial charge in [-0.1, -0.05) is 5.10 Å². The summed E-state index contributed by atoms with van der Waals surface area (Å²) in [5, 5.41) is 14.3. The van der Waals surface area contributed by atoms with Gasteiger partial charge in [-0.3, -0.25) is 14.8 Å². The Morgan fingerprint density at radius 1 is 1.21 bits per heavy atom. The molecule has 24 heavy (non-hydrogen) atoms. The lowest BCUT2D eigenvalue weighted by atomic mass is 10.2. The molecule has 8 nitrogen and oxygen atoms in total. The molecule has 0 aliphatic rings. The molecule has 0 saturated heterocycles. The summed E-state index contributed by atoms with van der Waals surface area (Å²) < 4.78 is 12.6. The number of carbonyl (C=O) groups is 1. The fourth-order valence-electron chi connectivity index (χ4n) is 2.09. The molecule has 3 aromatic rings. The van der Waals surface area contributed by atoms with E-state index in [0.717, 1.165) is 0 Å². The second-order valence-electron chi connectivity index (χ2n) is 5.40. The Hall–Kier alpha value is -3.16. The maximum Gasteiger partial charge on any atom is 0.322 e. The van der Waals surface area contributed by atoms with Gasteiger partial charge < -0.3 is 9.15 Å². The van der Waals surface area contributed by atoms with E-state index in [4.69, 9.17) is 9.15 Å². The van der Waals surface area contributed by atoms with Gasteiger partial charge in [0.25, 0.3) is 11.8 Å². The van der Waals surface area contributed by atoms with E-state index in [9.17, 15) is 4.79 Å². The molecular weight excluding hydrogens is 310 g/mol. The summed E-state index contributed by atoms with van der Waals surface area (Å²) in [6, 6.07) is 8.59. The van der Waals surface area contributed by atoms with Crippen molar-refractivity contribution in [1.82, 2.24) is 20.0 Å². The summed E-state index contributed by atoms with van der Waals surface area (Å²) in [7, 11) is 1.76. The monoisotopic (exact) mass is 327 g/mol. The van der Waals surface area contributed by atoms with Crippen LogP contribution in [0.25, 0.3) is 11.6 Å². The molecule has 0 fully saturated rings. The first-order valence-electron chi connectivity index (χ1n) is 7.43. The van der Waals surface area contributed by atoms with Crippen LogP contribution < -0.4 is 10.1 Å². The van der Waals surface area contributed by atoms with Gasteiger partial charge in [0.1, 0.15) is 11.4 Å². The molecule has 1 aromatic carbocycles. The minimum atomic E-state index is -0.341. The summed E-state index contributed by atoms with van der Waals surface area (Å²) in [5.74, 6) is 0.648. The predicted molar refractivity (Wildman–Crippen MR) is 86.7 cm³/mol. The minimum Gasteiger partial charge on any atom is -0.491 e. The lowest BCUT2D eigenvalue weighted by Crippen LogP contribution is -2.12. The Morgan fingerprint density at radius 3 is 2.58 bits per heavy atom. The molecule has 2 aromatic heterocycles. The molecule has 0 radical (unpaired) electrons. The Bertz CT molecular complexity index is 836. The lowest BCUT2D eigenvalue weighted by Gasteiger charge is -2.09. The zero-order valence-electron chi connectivity index (χ0n) is 13.6. The van der Waals surface area contributed by atoms with Crippen molar-refractivity contribution in [2.75, 3.05) is 5.32 Å². The number of aromatic nitrogens is 4. The maximum absolute atomic E-state index is 12.2. The summed E-state index contributed by atoms with van der Waals surface area (Å²) in [6.07, 6.45) is 1.70. The van der Waals surface area contributed by atoms with E-state index in [1.165, 1.54) is 0 Å². The molecule has 0 bridgehead atoms. The Morgan fingerprint density at radius 2 is 1.96 bits per heavy atom. The fourth-order valence-corrected chi connectivity index (χ4v) is 2.09. The Balaban J connectivity index is 1.69. The first kappa shape index (κ1) is 15.7. The van der Waals surface area contributed by atoms with Gasteiger partial charge in [0, 0.05) is 18.8 Å². The van der Waals surface area contributed by atoms with E-state index in [-0.39, 0.29) is 23.9 Å². The molecule has 0 atom stereocenters. The van der Waals surface area contributed by atoms with Gasteiger partial charge >= 0.3 is 6.01 Å². The largest absolute Gasteiger partial charge is 0.491 e. The number of carbonyl (C=O) groups excluding carboxylic acids is 1. The molecule has 3 rings (SSSR count). The molecule has 0 aliphatic carbocycles. The molecule has 124 valence electrons. The molecule has 0 spiro atoms. The number of anilines is 1. The van der Waals surface area contributed by atoms with Crippen molar-refractivity contribution in [3.63, 3.8) is 0 Å². The van der Waals surface area contributed by atoms with Gasteiger partial charge in [0.05, 0.1) is 6.10 Å². The highest BCUT2D eigenvalue weighted by Crippen LogP contribution is 2.19. The number of hydrogen-bond donors (Lipinski definition) is 1. The van der Waals surface area contributed by atoms with Crippen LogP contribution in [0.3, 0.4) is 0 Å². The van der Waals surface area contributed by atoms with Crippen LogP contribution in [0, 0.1) is 0 Å². The van der Waals surface area contributed by atoms with Crippen molar-refractivity contribution >= 4 is 11.9 Å². The predicted octanol–water partition coefficient (Wildman–Crippen LogP) is 2.51. The number of nitrogens with zero attached hydrogens (tertiary/aromatic N) is 4. The van der Waals surface area contributed by atoms with E-state index in [1.807, 2.05) is 13.8 Å². The van der Waals surface area contributed by atoms with Crippen molar-refractivity contribution in [3.05, 3.63) is 42.1 Å². The van der Waals surface area contributed by atoms with E-state index in [0.29, 0.717) is 17.0 Å². The van der Waals surface area contributed by atoms with Crippen molar-refractivity contribution in [3.8, 4) is 17.3 Å². The van der Waals surface area contributed by atoms with Crippen LogP contribution in [-0.2, 0) is 7.05 Å². The Kier molecular flexibility index (Phi) is 4.28. The molecule has 0 unspecified atom stereocenters. The number of hydrogen-bond acceptors (Lipinski definition) is 6. The van der Waals surface area contributed by atoms with Crippen LogP contribution in [0.2, 0.25) is 0 Å². The van der Waals surface area contributed by atoms with Gasteiger partial charge in [-0.15, -0.1) is 5.10 Å². The van der Waals surface area contributed by atoms with E-state index < -0.39 is 0 Å². The Labute approximate surface area is 138 Å². The number of benzene rings is 1. The van der Waals surface area contributed by atoms with Gasteiger partial charge in [0.15, 0.2) is 0 Å². The minimum absolute atomic E-state index is 0.0266. The standard InChI is InChI=1S/C16H17N5O3/c1-10(2)23-12-6-4-11(5-7-12)14(22)18-16-20-19-15(24-16)13-8-9-17-21(13)3/h4-10H,1-3H3,(H,18,20,22). The van der Waals surface area contributed by atoms with Gasteiger partial charge in [-0.2, -0.15) is 5.10 Å². The summed E-state index contributed by atoms with van der Waals surface area (Å²) >= 11 is 0. The zero-order valence-corrected chi connectivity index (χ0v) is 13.6. The normalized spacial score (nSPS) is 10.8. The zero-order chi connectivity index (χ0) is 17.1. The van der Waals surface area contributed by atoms with Crippen molar-refractivity contribution in [1.29, 1.82) is 0 Å². The molecular formula is C16H17N5O3. The molecule has 0 aliphatic heterocycles. The number of ether oxygens (including phenoxy) is 1. The van der Waals surface area contributed by atoms with E-state index in [2.05, 4.69) is 20.6 Å². The van der Waals surface area contributed by atoms with E-state index >= 15 is 0 Å². The van der Waals surface area contributed by atoms with Gasteiger partial charge in [-0.05, 0) is 44.2 Å². The maximum atomic E-state index is 12.2. The number of nitrogens with one attached hydrogen (secondary N) is 1. The van der Waals surface area contributed by atoms with Crippen LogP contribution in [0.15, 0.2) is 40.9 Å². The quantitative estimate of drug-likeness (QED) is 0.773. The first-order chi connectivity index (χ1) is 11.5. The van der Waals surface area contributed by atoms with Crippen LogP contribution >= 0.6 is 0 Å².